The number of hydrogen-bond acceptors (Lipinski definition) is 21. The molecular formula is C86H110N12O21S. The van der Waals surface area contributed by atoms with E-state index < -0.39 is 242 Å². The number of carboxylic acid groups (broad SMARTS) is 1. The van der Waals surface area contributed by atoms with Crippen LogP contribution in [0.3, 0.4) is 0 Å². The molecule has 0 saturated carbocycles. The van der Waals surface area contributed by atoms with E-state index in [-0.39, 0.29) is 50.2 Å². The maximum absolute atomic E-state index is 15.2. The van der Waals surface area contributed by atoms with Crippen LogP contribution in [0.25, 0.3) is 22.3 Å². The van der Waals surface area contributed by atoms with E-state index in [4.69, 9.17) is 5.73 Å². The highest BCUT2D eigenvalue weighted by atomic mass is 32.2. The van der Waals surface area contributed by atoms with Gasteiger partial charge in [0.2, 0.25) is 70.9 Å². The highest BCUT2D eigenvalue weighted by molar-refractivity contribution is 8.00. The molecule has 0 spiro atoms. The summed E-state index contributed by atoms with van der Waals surface area (Å²) in [6.07, 6.45) is -7.23. The number of rotatable bonds is 19. The highest BCUT2D eigenvalue weighted by Crippen LogP contribution is 2.27. The van der Waals surface area contributed by atoms with Gasteiger partial charge < -0.3 is 88.5 Å². The van der Waals surface area contributed by atoms with Crippen LogP contribution < -0.4 is 48.3 Å². The van der Waals surface area contributed by atoms with Gasteiger partial charge in [0, 0.05) is 70.8 Å². The van der Waals surface area contributed by atoms with E-state index in [1.54, 1.807) is 92.7 Å². The molecule has 15 N–H and O–H groups in total. The molecule has 33 nitrogen and oxygen atoms in total. The number of nitrogens with two attached hydrogens (primary N) is 1. The Morgan fingerprint density at radius 2 is 0.925 bits per heavy atom. The van der Waals surface area contributed by atoms with Crippen LogP contribution in [0, 0.1) is 23.7 Å². The molecule has 0 unspecified atom stereocenters. The minimum atomic E-state index is -1.96. The number of amides is 12. The first-order valence-electron chi connectivity index (χ1n) is 39.8. The average Bonchev–Trinajstić information content (AvgIpc) is 1.49. The first kappa shape index (κ1) is 95.6. The molecule has 5 aromatic rings. The summed E-state index contributed by atoms with van der Waals surface area (Å²) in [7, 11) is 2.47. The summed E-state index contributed by atoms with van der Waals surface area (Å²) in [6.45, 7) is 5.22. The zero-order chi connectivity index (χ0) is 88.2. The van der Waals surface area contributed by atoms with E-state index in [1.807, 2.05) is 60.7 Å². The minimum Gasteiger partial charge on any atom is -0.481 e. The third-order valence-corrected chi connectivity index (χ3v) is 22.4. The third kappa shape index (κ3) is 27.8. The molecule has 2 aliphatic rings. The van der Waals surface area contributed by atoms with Crippen LogP contribution in [-0.4, -0.2) is 259 Å². The van der Waals surface area contributed by atoms with E-state index in [9.17, 15) is 92.7 Å². The number of carbonyl (C=O) groups is 16. The summed E-state index contributed by atoms with van der Waals surface area (Å²) in [5.41, 5.74) is 10.2. The minimum absolute atomic E-state index is 0.00315. The molecule has 2 heterocycles. The number of thioether (sulfide) groups is 1. The molecule has 2 fully saturated rings. The summed E-state index contributed by atoms with van der Waals surface area (Å²) in [5, 5.41) is 73.9. The van der Waals surface area contributed by atoms with Gasteiger partial charge in [-0.25, -0.2) is 0 Å². The molecule has 120 heavy (non-hydrogen) atoms. The molecule has 0 aliphatic carbocycles. The Morgan fingerprint density at radius 3 is 1.40 bits per heavy atom. The number of carboxylic acids is 1. The van der Waals surface area contributed by atoms with Gasteiger partial charge in [0.1, 0.15) is 54.1 Å². The van der Waals surface area contributed by atoms with Gasteiger partial charge in [-0.2, -0.15) is 11.8 Å². The normalized spacial score (nSPS) is 24.9. The van der Waals surface area contributed by atoms with Crippen molar-refractivity contribution >= 4 is 106 Å². The van der Waals surface area contributed by atoms with Crippen LogP contribution in [0.15, 0.2) is 140 Å². The monoisotopic (exact) mass is 1680 g/mol. The van der Waals surface area contributed by atoms with Gasteiger partial charge in [-0.3, -0.25) is 76.7 Å². The van der Waals surface area contributed by atoms with Gasteiger partial charge in [-0.1, -0.05) is 153 Å². The number of aliphatic carboxylic acids is 1. The Balaban J connectivity index is 1.26. The molecule has 12 amide bonds. The third-order valence-electron chi connectivity index (χ3n) is 21.3. The number of ketones is 3. The second-order valence-corrected chi connectivity index (χ2v) is 31.8. The van der Waals surface area contributed by atoms with Crippen molar-refractivity contribution < 1.29 is 102 Å². The van der Waals surface area contributed by atoms with Gasteiger partial charge in [-0.05, 0) is 98.2 Å². The molecule has 5 aromatic carbocycles. The molecule has 0 radical (unpaired) electrons. The Hall–Kier alpha value is -11.6. The maximum atomic E-state index is 15.2. The zero-order valence-electron chi connectivity index (χ0n) is 68.4. The van der Waals surface area contributed by atoms with Gasteiger partial charge in [0.15, 0.2) is 11.6 Å². The summed E-state index contributed by atoms with van der Waals surface area (Å²) >= 11 is 0.849. The standard InChI is InChI=1S/C86H110N12O21S/c1-48(2)73-70(105)41-61(44-99)79(112)94-75(52(6)102)83(116)95-74(51(5)101)82(115)91-66(39-55-28-32-59(33-29-55)57-23-16-11-17-24-57)86(119)97(8)50(4)77(110)90-65(38-54-26-30-58(31-27-54)56-21-14-10-15-22-56)85(118)96(7)49(3)76(109)89-64(34-35-72(107)108)69(104)42-62(45-100)84(117)98-36-18-25-68(98)81(114)92-67(80(113)88-43-71(87)106)47-120-46-63(103)40-60(78(111)93-73)37-53-19-12-9-13-20-53/h9-17,19-24,26-33,48-52,60-62,64-68,73-75,99-102H,18,25,34-47H2,1-8H3,(H2,87,106)(H,88,113)(H,89,109)(H,90,110)(H,91,115)(H,92,114)(H,93,111)(H,94,112)(H,95,116)(H,107,108)/t49-,50-,51+,52+,60+,61-,62-,64-,65-,66-,67-,68-,73-,74-,75-/m0/s1. The second-order valence-electron chi connectivity index (χ2n) is 30.8. The van der Waals surface area contributed by atoms with Crippen LogP contribution in [0.5, 0.6) is 0 Å². The summed E-state index contributed by atoms with van der Waals surface area (Å²) in [5.74, 6) is -21.3. The fourth-order valence-corrected chi connectivity index (χ4v) is 14.9. The summed E-state index contributed by atoms with van der Waals surface area (Å²) < 4.78 is 0. The topological polar surface area (TPSA) is 506 Å². The number of Topliss-reactive ketones (excluding diaryl/α,β-unsaturated/α-hetero) is 3. The lowest BCUT2D eigenvalue weighted by atomic mass is 9.89. The number of benzene rings is 5. The number of likely N-dealkylation sites (N-methyl/N-ethyl adjacent to an activating group) is 2. The van der Waals surface area contributed by atoms with Crippen molar-refractivity contribution in [1.82, 2.24) is 57.2 Å². The summed E-state index contributed by atoms with van der Waals surface area (Å²) in [6, 6.07) is 25.0. The smallest absolute Gasteiger partial charge is 0.303 e. The second kappa shape index (κ2) is 46.1. The van der Waals surface area contributed by atoms with E-state index >= 15 is 9.59 Å². The quantitative estimate of drug-likeness (QED) is 0.0534. The average molecular weight is 1680 g/mol. The van der Waals surface area contributed by atoms with Crippen molar-refractivity contribution in [2.45, 2.75) is 178 Å². The van der Waals surface area contributed by atoms with E-state index in [2.05, 4.69) is 42.5 Å². The Labute approximate surface area is 700 Å². The SMILES string of the molecule is CC(C)[C@@H]1NC(=O)[C@H](Cc2ccccc2)CC(=O)CSC[C@@H](C(=O)NCC(N)=O)NC(=O)[C@@H]2CCCN2C(=O)[C@H](CO)CC(=O)[C@H](CCC(=O)O)NC(=O)[C@H](C)N(C)C(=O)[C@H](Cc2ccc(-c3ccccc3)cc2)NC(=O)[C@H](C)N(C)C(=O)[C@H](Cc2ccc(-c3ccccc3)cc2)NC(=O)[C@H]([C@@H](C)O)NC(=O)[C@H]([C@@H](C)O)NC(=O)[C@H](CO)CC1=O. The van der Waals surface area contributed by atoms with Crippen molar-refractivity contribution in [3.63, 3.8) is 0 Å². The Morgan fingerprint density at radius 1 is 0.492 bits per heavy atom. The van der Waals surface area contributed by atoms with Crippen molar-refractivity contribution in [3.8, 4) is 22.3 Å². The van der Waals surface area contributed by atoms with Crippen LogP contribution in [-0.2, 0) is 96.0 Å². The molecule has 2 aliphatic heterocycles. The Kier molecular flexibility index (Phi) is 36.7. The molecule has 2 saturated heterocycles. The molecular weight excluding hydrogens is 1570 g/mol. The van der Waals surface area contributed by atoms with Crippen molar-refractivity contribution in [2.75, 3.05) is 51.9 Å². The first-order chi connectivity index (χ1) is 57.0. The fourth-order valence-electron chi connectivity index (χ4n) is 14.0. The van der Waals surface area contributed by atoms with Crippen LogP contribution in [0.2, 0.25) is 0 Å². The summed E-state index contributed by atoms with van der Waals surface area (Å²) in [4.78, 5) is 230. The lowest BCUT2D eigenvalue weighted by molar-refractivity contribution is -0.145. The number of nitrogens with zero attached hydrogens (tertiary/aromatic N) is 3. The van der Waals surface area contributed by atoms with Crippen molar-refractivity contribution in [1.29, 1.82) is 0 Å². The molecule has 0 aromatic heterocycles. The number of hydrogen-bond donors (Lipinski definition) is 14. The molecule has 7 rings (SSSR count). The first-order valence-corrected chi connectivity index (χ1v) is 41.0. The molecule has 646 valence electrons. The van der Waals surface area contributed by atoms with Crippen molar-refractivity contribution in [3.05, 3.63) is 156 Å². The van der Waals surface area contributed by atoms with Crippen LogP contribution in [0.1, 0.15) is 103 Å². The molecule has 15 atom stereocenters. The van der Waals surface area contributed by atoms with E-state index in [0.717, 1.165) is 62.6 Å². The number of primary amides is 1. The predicted molar refractivity (Wildman–Crippen MR) is 442 cm³/mol. The molecule has 0 bridgehead atoms. The van der Waals surface area contributed by atoms with Gasteiger partial charge in [0.25, 0.3) is 0 Å². The number of carbonyl (C=O) groups excluding carboxylic acids is 15. The zero-order valence-corrected chi connectivity index (χ0v) is 69.2. The van der Waals surface area contributed by atoms with Gasteiger partial charge in [0.05, 0.1) is 61.6 Å². The lowest BCUT2D eigenvalue weighted by Crippen LogP contribution is -2.62. The largest absolute Gasteiger partial charge is 0.481 e. The number of aliphatic hydroxyl groups is 4. The number of nitrogens with one attached hydrogen (secondary N) is 8. The van der Waals surface area contributed by atoms with E-state index in [1.165, 1.54) is 27.9 Å². The number of aliphatic hydroxyl groups excluding tert-OH is 4. The van der Waals surface area contributed by atoms with E-state index in [0.29, 0.717) is 16.7 Å². The Bertz CT molecular complexity index is 4430. The van der Waals surface area contributed by atoms with Crippen molar-refractivity contribution in [2.24, 2.45) is 29.4 Å². The fraction of sp³-hybridized carbons (Fsp3) is 0.465. The van der Waals surface area contributed by atoms with Gasteiger partial charge in [-0.15, -0.1) is 0 Å². The van der Waals surface area contributed by atoms with Crippen LogP contribution in [0.4, 0.5) is 0 Å². The van der Waals surface area contributed by atoms with Gasteiger partial charge >= 0.3 is 5.97 Å². The highest BCUT2D eigenvalue weighted by Gasteiger charge is 2.43. The van der Waals surface area contributed by atoms with Crippen LogP contribution >= 0.6 is 11.8 Å². The predicted octanol–water partition coefficient (Wildman–Crippen LogP) is 0.468. The maximum Gasteiger partial charge on any atom is 0.303 e. The molecule has 34 heteroatoms. The lowest BCUT2D eigenvalue weighted by Gasteiger charge is -2.33. The number of fused-ring (bicyclic) bond motifs is 1.